The van der Waals surface area contributed by atoms with Crippen molar-refractivity contribution in [3.63, 3.8) is 0 Å². The van der Waals surface area contributed by atoms with Crippen LogP contribution in [0.2, 0.25) is 0 Å². The first-order chi connectivity index (χ1) is 14.3. The maximum Gasteiger partial charge on any atom is 0.309 e. The number of fused-ring (bicyclic) bond motifs is 2. The number of carboxylic acid groups (broad SMARTS) is 1. The lowest BCUT2D eigenvalue weighted by Crippen LogP contribution is -2.36. The van der Waals surface area contributed by atoms with Gasteiger partial charge in [0.25, 0.3) is 0 Å². The first-order valence-corrected chi connectivity index (χ1v) is 10.5. The topological polar surface area (TPSA) is 57.5 Å². The van der Waals surface area contributed by atoms with Gasteiger partial charge in [0.2, 0.25) is 0 Å². The first kappa shape index (κ1) is 20.4. The predicted molar refractivity (Wildman–Crippen MR) is 120 cm³/mol. The van der Waals surface area contributed by atoms with Gasteiger partial charge in [-0.05, 0) is 46.1 Å². The average molecular weight is 401 g/mol. The monoisotopic (exact) mass is 400 g/mol. The molecule has 5 rings (SSSR count). The lowest BCUT2D eigenvalue weighted by atomic mass is 9.70. The number of hydrogen-bond acceptors (Lipinski definition) is 2. The molecule has 0 saturated carbocycles. The fourth-order valence-electron chi connectivity index (χ4n) is 4.59. The average Bonchev–Trinajstić information content (AvgIpc) is 2.74. The van der Waals surface area contributed by atoms with Crippen molar-refractivity contribution in [1.82, 2.24) is 0 Å². The molecule has 2 unspecified atom stereocenters. The fraction of sp³-hybridized carbons (Fsp3) is 0.296. The molecule has 0 radical (unpaired) electrons. The Balaban J connectivity index is 1.47. The van der Waals surface area contributed by atoms with Crippen molar-refractivity contribution >= 4 is 5.97 Å². The molecule has 30 heavy (non-hydrogen) atoms. The largest absolute Gasteiger partial charge is 0.481 e. The number of rotatable bonds is 8. The highest BCUT2D eigenvalue weighted by molar-refractivity contribution is 5.72. The van der Waals surface area contributed by atoms with Crippen LogP contribution in [-0.2, 0) is 10.2 Å². The highest BCUT2D eigenvalue weighted by atomic mass is 16.4. The molecule has 154 valence electrons. The number of carboxylic acids is 1. The Labute approximate surface area is 178 Å². The minimum absolute atomic E-state index is 0.0908. The molecule has 2 aliphatic carbocycles. The Morgan fingerprint density at radius 3 is 2.03 bits per heavy atom. The quantitative estimate of drug-likeness (QED) is 0.516. The summed E-state index contributed by atoms with van der Waals surface area (Å²) in [6.45, 7) is 4.12. The van der Waals surface area contributed by atoms with Crippen molar-refractivity contribution in [2.75, 3.05) is 0 Å². The van der Waals surface area contributed by atoms with E-state index in [0.717, 1.165) is 22.3 Å². The Hall–Kier alpha value is -2.91. The van der Waals surface area contributed by atoms with E-state index in [1.807, 2.05) is 48.5 Å². The lowest BCUT2D eigenvalue weighted by Gasteiger charge is -2.35. The van der Waals surface area contributed by atoms with E-state index in [1.165, 1.54) is 5.56 Å². The van der Waals surface area contributed by atoms with Gasteiger partial charge in [-0.2, -0.15) is 0 Å². The third-order valence-electron chi connectivity index (χ3n) is 6.44. The molecule has 0 spiro atoms. The van der Waals surface area contributed by atoms with Gasteiger partial charge in [-0.3, -0.25) is 4.79 Å². The van der Waals surface area contributed by atoms with Crippen molar-refractivity contribution in [3.05, 3.63) is 95.6 Å². The molecule has 0 amide bonds. The first-order valence-electron chi connectivity index (χ1n) is 10.5. The van der Waals surface area contributed by atoms with Gasteiger partial charge in [0.1, 0.15) is 0 Å². The van der Waals surface area contributed by atoms with E-state index in [1.54, 1.807) is 0 Å². The summed E-state index contributed by atoms with van der Waals surface area (Å²) in [7, 11) is 0. The van der Waals surface area contributed by atoms with Crippen molar-refractivity contribution in [3.8, 4) is 11.1 Å². The summed E-state index contributed by atoms with van der Waals surface area (Å²) in [5, 5.41) is 20.8. The van der Waals surface area contributed by atoms with E-state index in [9.17, 15) is 15.0 Å². The second kappa shape index (κ2) is 8.08. The fourth-order valence-corrected chi connectivity index (χ4v) is 4.59. The molecule has 3 aromatic carbocycles. The molecule has 3 heteroatoms. The predicted octanol–water partition coefficient (Wildman–Crippen LogP) is 5.62. The summed E-state index contributed by atoms with van der Waals surface area (Å²) in [5.74, 6) is -1.63. The van der Waals surface area contributed by atoms with Gasteiger partial charge >= 0.3 is 5.97 Å². The molecule has 3 nitrogen and oxygen atoms in total. The van der Waals surface area contributed by atoms with Gasteiger partial charge in [0.05, 0.1) is 12.0 Å². The van der Waals surface area contributed by atoms with Crippen molar-refractivity contribution < 1.29 is 15.0 Å². The minimum atomic E-state index is -0.926. The molecule has 2 atom stereocenters. The third kappa shape index (κ3) is 4.03. The van der Waals surface area contributed by atoms with Crippen LogP contribution in [0.1, 0.15) is 49.3 Å². The second-order valence-electron chi connectivity index (χ2n) is 9.01. The van der Waals surface area contributed by atoms with Gasteiger partial charge < -0.3 is 10.2 Å². The maximum atomic E-state index is 12.0. The number of hydrogen-bond donors (Lipinski definition) is 2. The van der Waals surface area contributed by atoms with Gasteiger partial charge in [-0.25, -0.2) is 0 Å². The summed E-state index contributed by atoms with van der Waals surface area (Å²) >= 11 is 0. The molecule has 0 heterocycles. The molecular formula is C27H28O3. The van der Waals surface area contributed by atoms with E-state index in [0.29, 0.717) is 12.8 Å². The van der Waals surface area contributed by atoms with Gasteiger partial charge in [-0.1, -0.05) is 92.7 Å². The molecule has 0 aliphatic heterocycles. The zero-order valence-electron chi connectivity index (χ0n) is 17.5. The highest BCUT2D eigenvalue weighted by Crippen LogP contribution is 2.44. The van der Waals surface area contributed by atoms with E-state index in [2.05, 4.69) is 44.2 Å². The minimum Gasteiger partial charge on any atom is -0.481 e. The van der Waals surface area contributed by atoms with E-state index < -0.39 is 18.0 Å². The number of benzene rings is 3. The van der Waals surface area contributed by atoms with Crippen LogP contribution in [0.5, 0.6) is 0 Å². The molecule has 0 aromatic heterocycles. The third-order valence-corrected chi connectivity index (χ3v) is 6.44. The Kier molecular flexibility index (Phi) is 5.48. The van der Waals surface area contributed by atoms with Crippen LogP contribution in [0, 0.1) is 5.92 Å². The normalized spacial score (nSPS) is 15.3. The molecule has 0 saturated heterocycles. The van der Waals surface area contributed by atoms with Crippen LogP contribution < -0.4 is 0 Å². The zero-order valence-corrected chi connectivity index (χ0v) is 17.5. The van der Waals surface area contributed by atoms with Gasteiger partial charge in [-0.15, -0.1) is 0 Å². The van der Waals surface area contributed by atoms with Crippen LogP contribution in [0.4, 0.5) is 0 Å². The van der Waals surface area contributed by atoms with Crippen LogP contribution in [0.25, 0.3) is 11.1 Å². The Bertz CT molecular complexity index is 1000. The van der Waals surface area contributed by atoms with Gasteiger partial charge in [0, 0.05) is 5.92 Å². The van der Waals surface area contributed by atoms with Crippen LogP contribution in [0.15, 0.2) is 78.9 Å². The summed E-state index contributed by atoms with van der Waals surface area (Å²) < 4.78 is 0. The summed E-state index contributed by atoms with van der Waals surface area (Å²) in [6.07, 6.45) is -0.0700. The lowest BCUT2D eigenvalue weighted by molar-refractivity contribution is -0.146. The molecule has 3 aromatic rings. The van der Waals surface area contributed by atoms with E-state index in [-0.39, 0.29) is 11.3 Å². The second-order valence-corrected chi connectivity index (χ2v) is 9.01. The molecule has 0 fully saturated rings. The summed E-state index contributed by atoms with van der Waals surface area (Å²) in [4.78, 5) is 12.0. The van der Waals surface area contributed by atoms with E-state index >= 15 is 0 Å². The van der Waals surface area contributed by atoms with Crippen LogP contribution >= 0.6 is 0 Å². The van der Waals surface area contributed by atoms with Crippen molar-refractivity contribution in [2.24, 2.45) is 5.92 Å². The number of aliphatic hydroxyl groups excluding tert-OH is 1. The number of aliphatic hydroxyl groups is 1. The van der Waals surface area contributed by atoms with Crippen LogP contribution in [0.3, 0.4) is 0 Å². The molecular weight excluding hydrogens is 372 g/mol. The van der Waals surface area contributed by atoms with Crippen molar-refractivity contribution in [2.45, 2.75) is 44.1 Å². The standard InChI is InChI=1S/C27H28O3/c1-27(2,22-11-7-4-8-12-22)17-25(28)24(26(29)30)16-23-20-13-19(14-21(23)15-20)18-9-5-3-6-10-18/h3-15,23-25,28H,16-17H2,1-2H3,(H,29,30). The number of carbonyl (C=O) groups is 1. The molecule has 2 N–H and O–H groups in total. The summed E-state index contributed by atoms with van der Waals surface area (Å²) in [5.41, 5.74) is 5.45. The zero-order chi connectivity index (χ0) is 21.3. The smallest absolute Gasteiger partial charge is 0.309 e. The number of aliphatic carboxylic acids is 1. The SMILES string of the molecule is CC(C)(CC(O)C(CC1c2cc(-c3ccccc3)cc1c2)C(=O)O)c1ccccc1. The maximum absolute atomic E-state index is 12.0. The van der Waals surface area contributed by atoms with E-state index in [4.69, 9.17) is 0 Å². The highest BCUT2D eigenvalue weighted by Gasteiger charge is 2.37. The van der Waals surface area contributed by atoms with Crippen LogP contribution in [-0.4, -0.2) is 22.3 Å². The molecule has 2 aliphatic rings. The Morgan fingerprint density at radius 1 is 0.900 bits per heavy atom. The summed E-state index contributed by atoms with van der Waals surface area (Å²) in [6, 6.07) is 26.6. The van der Waals surface area contributed by atoms with Gasteiger partial charge in [0.15, 0.2) is 0 Å². The Morgan fingerprint density at radius 2 is 1.47 bits per heavy atom. The van der Waals surface area contributed by atoms with Crippen molar-refractivity contribution in [1.29, 1.82) is 0 Å². The molecule has 2 bridgehead atoms.